The number of carboxylic acids is 1. The molecule has 17 heavy (non-hydrogen) atoms. The molecule has 5 nitrogen and oxygen atoms in total. The SMILES string of the molecule is O=C(O)c1cccnc1N1CC(CS)CC1=O. The first-order valence-electron chi connectivity index (χ1n) is 5.23. The lowest BCUT2D eigenvalue weighted by atomic mass is 10.1. The van der Waals surface area contributed by atoms with Crippen molar-refractivity contribution in [3.63, 3.8) is 0 Å². The maximum Gasteiger partial charge on any atom is 0.339 e. The minimum Gasteiger partial charge on any atom is -0.478 e. The van der Waals surface area contributed by atoms with Crippen LogP contribution in [0.25, 0.3) is 0 Å². The Morgan fingerprint density at radius 3 is 3.00 bits per heavy atom. The summed E-state index contributed by atoms with van der Waals surface area (Å²) in [5, 5.41) is 9.04. The van der Waals surface area contributed by atoms with Gasteiger partial charge in [-0.15, -0.1) is 0 Å². The molecule has 1 saturated heterocycles. The van der Waals surface area contributed by atoms with Gasteiger partial charge in [0, 0.05) is 19.2 Å². The van der Waals surface area contributed by atoms with Crippen LogP contribution in [0.3, 0.4) is 0 Å². The number of hydrogen-bond donors (Lipinski definition) is 2. The summed E-state index contributed by atoms with van der Waals surface area (Å²) >= 11 is 4.16. The summed E-state index contributed by atoms with van der Waals surface area (Å²) in [6.45, 7) is 0.486. The van der Waals surface area contributed by atoms with E-state index in [1.807, 2.05) is 0 Å². The highest BCUT2D eigenvalue weighted by atomic mass is 32.1. The molecule has 90 valence electrons. The van der Waals surface area contributed by atoms with Crippen LogP contribution >= 0.6 is 12.6 Å². The van der Waals surface area contributed by atoms with Crippen molar-refractivity contribution in [3.05, 3.63) is 23.9 Å². The molecule has 1 aliphatic rings. The first-order chi connectivity index (χ1) is 8.13. The number of anilines is 1. The third-order valence-corrected chi connectivity index (χ3v) is 3.25. The number of carbonyl (C=O) groups excluding carboxylic acids is 1. The minimum atomic E-state index is -1.07. The third-order valence-electron chi connectivity index (χ3n) is 2.74. The fourth-order valence-corrected chi connectivity index (χ4v) is 2.13. The van der Waals surface area contributed by atoms with Gasteiger partial charge in [0.05, 0.1) is 0 Å². The van der Waals surface area contributed by atoms with Crippen molar-refractivity contribution in [3.8, 4) is 0 Å². The Bertz CT molecular complexity index is 464. The standard InChI is InChI=1S/C11H12N2O3S/c14-9-4-7(6-17)5-13(9)10-8(11(15)16)2-1-3-12-10/h1-3,7,17H,4-6H2,(H,15,16). The van der Waals surface area contributed by atoms with Crippen LogP contribution in [0.15, 0.2) is 18.3 Å². The highest BCUT2D eigenvalue weighted by molar-refractivity contribution is 7.80. The molecule has 0 aromatic carbocycles. The number of carbonyl (C=O) groups is 2. The number of aromatic carboxylic acids is 1. The average molecular weight is 252 g/mol. The van der Waals surface area contributed by atoms with Crippen LogP contribution in [0, 0.1) is 5.92 Å². The second-order valence-electron chi connectivity index (χ2n) is 3.94. The third kappa shape index (κ3) is 2.26. The monoisotopic (exact) mass is 252 g/mol. The Kier molecular flexibility index (Phi) is 3.33. The molecule has 1 N–H and O–H groups in total. The van der Waals surface area contributed by atoms with E-state index in [1.165, 1.54) is 17.2 Å². The Morgan fingerprint density at radius 1 is 1.65 bits per heavy atom. The summed E-state index contributed by atoms with van der Waals surface area (Å²) in [4.78, 5) is 28.3. The molecular formula is C11H12N2O3S. The van der Waals surface area contributed by atoms with E-state index in [0.717, 1.165) is 0 Å². The molecule has 0 radical (unpaired) electrons. The topological polar surface area (TPSA) is 70.5 Å². The number of aromatic nitrogens is 1. The van der Waals surface area contributed by atoms with Gasteiger partial charge in [-0.25, -0.2) is 9.78 Å². The number of rotatable bonds is 3. The van der Waals surface area contributed by atoms with E-state index in [2.05, 4.69) is 17.6 Å². The van der Waals surface area contributed by atoms with Gasteiger partial charge in [0.1, 0.15) is 11.4 Å². The molecule has 0 saturated carbocycles. The van der Waals surface area contributed by atoms with Crippen LogP contribution in [0.5, 0.6) is 0 Å². The fourth-order valence-electron chi connectivity index (χ4n) is 1.89. The smallest absolute Gasteiger partial charge is 0.339 e. The van der Waals surface area contributed by atoms with E-state index in [-0.39, 0.29) is 23.2 Å². The number of carboxylic acid groups (broad SMARTS) is 1. The molecule has 0 bridgehead atoms. The van der Waals surface area contributed by atoms with Crippen LogP contribution in [-0.4, -0.2) is 34.3 Å². The second-order valence-corrected chi connectivity index (χ2v) is 4.30. The van der Waals surface area contributed by atoms with Crippen LogP contribution in [0.2, 0.25) is 0 Å². The summed E-state index contributed by atoms with van der Waals surface area (Å²) in [5.41, 5.74) is 0.0562. The van der Waals surface area contributed by atoms with E-state index in [4.69, 9.17) is 5.11 Å². The van der Waals surface area contributed by atoms with Gasteiger partial charge >= 0.3 is 5.97 Å². The van der Waals surface area contributed by atoms with Crippen molar-refractivity contribution in [1.29, 1.82) is 0 Å². The van der Waals surface area contributed by atoms with Gasteiger partial charge in [-0.05, 0) is 23.8 Å². The molecule has 1 amide bonds. The molecular weight excluding hydrogens is 240 g/mol. The Hall–Kier alpha value is -1.56. The molecule has 0 spiro atoms. The lowest BCUT2D eigenvalue weighted by molar-refractivity contribution is -0.117. The van der Waals surface area contributed by atoms with E-state index in [0.29, 0.717) is 18.7 Å². The molecule has 2 heterocycles. The maximum absolute atomic E-state index is 11.8. The fraction of sp³-hybridized carbons (Fsp3) is 0.364. The van der Waals surface area contributed by atoms with Crippen LogP contribution in [-0.2, 0) is 4.79 Å². The summed E-state index contributed by atoms with van der Waals surface area (Å²) in [6, 6.07) is 3.00. The maximum atomic E-state index is 11.8. The molecule has 1 aromatic rings. The molecule has 6 heteroatoms. The van der Waals surface area contributed by atoms with Crippen molar-refractivity contribution in [2.75, 3.05) is 17.2 Å². The lowest BCUT2D eigenvalue weighted by Gasteiger charge is -2.16. The van der Waals surface area contributed by atoms with Gasteiger partial charge in [-0.1, -0.05) is 0 Å². The van der Waals surface area contributed by atoms with Crippen molar-refractivity contribution < 1.29 is 14.7 Å². The average Bonchev–Trinajstić information content (AvgIpc) is 2.70. The van der Waals surface area contributed by atoms with Gasteiger partial charge < -0.3 is 5.11 Å². The highest BCUT2D eigenvalue weighted by Crippen LogP contribution is 2.26. The molecule has 1 aliphatic heterocycles. The molecule has 1 aromatic heterocycles. The minimum absolute atomic E-state index is 0.0562. The Balaban J connectivity index is 2.35. The van der Waals surface area contributed by atoms with Crippen molar-refractivity contribution >= 4 is 30.3 Å². The van der Waals surface area contributed by atoms with Crippen molar-refractivity contribution in [1.82, 2.24) is 4.98 Å². The molecule has 1 fully saturated rings. The van der Waals surface area contributed by atoms with Crippen molar-refractivity contribution in [2.24, 2.45) is 5.92 Å². The zero-order valence-corrected chi connectivity index (χ0v) is 9.93. The lowest BCUT2D eigenvalue weighted by Crippen LogP contribution is -2.27. The quantitative estimate of drug-likeness (QED) is 0.789. The summed E-state index contributed by atoms with van der Waals surface area (Å²) in [5.74, 6) is -0.165. The van der Waals surface area contributed by atoms with Gasteiger partial charge in [-0.2, -0.15) is 12.6 Å². The first kappa shape index (κ1) is 11.9. The number of amides is 1. The van der Waals surface area contributed by atoms with Crippen LogP contribution < -0.4 is 4.90 Å². The predicted molar refractivity (Wildman–Crippen MR) is 65.5 cm³/mol. The van der Waals surface area contributed by atoms with Crippen molar-refractivity contribution in [2.45, 2.75) is 6.42 Å². The highest BCUT2D eigenvalue weighted by Gasteiger charge is 2.32. The van der Waals surface area contributed by atoms with Gasteiger partial charge in [-0.3, -0.25) is 9.69 Å². The number of thiol groups is 1. The number of pyridine rings is 1. The molecule has 2 rings (SSSR count). The zero-order valence-electron chi connectivity index (χ0n) is 9.04. The second kappa shape index (κ2) is 4.75. The van der Waals surface area contributed by atoms with Gasteiger partial charge in [0.15, 0.2) is 0 Å². The Morgan fingerprint density at radius 2 is 2.41 bits per heavy atom. The molecule has 1 atom stereocenters. The molecule has 0 aliphatic carbocycles. The summed E-state index contributed by atoms with van der Waals surface area (Å²) < 4.78 is 0. The van der Waals surface area contributed by atoms with Crippen LogP contribution in [0.1, 0.15) is 16.8 Å². The number of nitrogens with zero attached hydrogens (tertiary/aromatic N) is 2. The Labute approximate surface area is 104 Å². The largest absolute Gasteiger partial charge is 0.478 e. The zero-order chi connectivity index (χ0) is 12.4. The van der Waals surface area contributed by atoms with E-state index in [9.17, 15) is 9.59 Å². The van der Waals surface area contributed by atoms with Crippen LogP contribution in [0.4, 0.5) is 5.82 Å². The van der Waals surface area contributed by atoms with E-state index < -0.39 is 5.97 Å². The summed E-state index contributed by atoms with van der Waals surface area (Å²) in [7, 11) is 0. The normalized spacial score (nSPS) is 19.7. The predicted octanol–water partition coefficient (Wildman–Crippen LogP) is 1.06. The van der Waals surface area contributed by atoms with Gasteiger partial charge in [0.25, 0.3) is 0 Å². The molecule has 1 unspecified atom stereocenters. The van der Waals surface area contributed by atoms with E-state index >= 15 is 0 Å². The first-order valence-corrected chi connectivity index (χ1v) is 5.86. The summed E-state index contributed by atoms with van der Waals surface area (Å²) in [6.07, 6.45) is 1.89. The van der Waals surface area contributed by atoms with Gasteiger partial charge in [0.2, 0.25) is 5.91 Å². The van der Waals surface area contributed by atoms with E-state index in [1.54, 1.807) is 6.07 Å². The number of hydrogen-bond acceptors (Lipinski definition) is 4.